The summed E-state index contributed by atoms with van der Waals surface area (Å²) in [7, 11) is 0. The van der Waals surface area contributed by atoms with Gasteiger partial charge in [-0.1, -0.05) is 40.9 Å². The first kappa shape index (κ1) is 20.8. The van der Waals surface area contributed by atoms with Crippen LogP contribution in [0, 0.1) is 6.92 Å². The number of benzene rings is 2. The molecule has 0 radical (unpaired) electrons. The summed E-state index contributed by atoms with van der Waals surface area (Å²) < 4.78 is 5.53. The third-order valence-corrected chi connectivity index (χ3v) is 4.52. The van der Waals surface area contributed by atoms with Crippen LogP contribution in [0.15, 0.2) is 36.4 Å². The molecule has 0 aliphatic carbocycles. The normalized spacial score (nSPS) is 10.3. The molecule has 26 heavy (non-hydrogen) atoms. The molecular formula is C18H17Cl3N2O2S. The van der Waals surface area contributed by atoms with E-state index in [1.54, 1.807) is 24.3 Å². The fourth-order valence-corrected chi connectivity index (χ4v) is 2.90. The Morgan fingerprint density at radius 2 is 1.88 bits per heavy atom. The minimum Gasteiger partial charge on any atom is -0.492 e. The van der Waals surface area contributed by atoms with Gasteiger partial charge in [0.25, 0.3) is 0 Å². The summed E-state index contributed by atoms with van der Waals surface area (Å²) in [6.45, 7) is 2.26. The van der Waals surface area contributed by atoms with Crippen LogP contribution in [0.25, 0.3) is 0 Å². The topological polar surface area (TPSA) is 50.4 Å². The molecule has 2 aromatic rings. The van der Waals surface area contributed by atoms with Crippen molar-refractivity contribution in [3.63, 3.8) is 0 Å². The van der Waals surface area contributed by atoms with E-state index in [0.717, 1.165) is 5.56 Å². The van der Waals surface area contributed by atoms with Gasteiger partial charge in [-0.25, -0.2) is 0 Å². The third kappa shape index (κ3) is 6.65. The number of halogens is 3. The Labute approximate surface area is 172 Å². The Hall–Kier alpha value is -1.53. The molecule has 4 nitrogen and oxygen atoms in total. The molecule has 0 spiro atoms. The summed E-state index contributed by atoms with van der Waals surface area (Å²) in [5.74, 6) is 0.330. The van der Waals surface area contributed by atoms with E-state index < -0.39 is 0 Å². The van der Waals surface area contributed by atoms with Gasteiger partial charge in [0.1, 0.15) is 5.75 Å². The molecule has 0 saturated carbocycles. The number of carbonyl (C=O) groups excluding carboxylic acids is 1. The number of nitrogens with one attached hydrogen (secondary N) is 2. The lowest BCUT2D eigenvalue weighted by molar-refractivity contribution is -0.119. The first-order valence-corrected chi connectivity index (χ1v) is 9.34. The molecular weight excluding hydrogens is 415 g/mol. The molecule has 0 saturated heterocycles. The number of rotatable bonds is 6. The van der Waals surface area contributed by atoms with E-state index in [9.17, 15) is 4.79 Å². The van der Waals surface area contributed by atoms with E-state index in [0.29, 0.717) is 39.5 Å². The maximum atomic E-state index is 11.9. The average molecular weight is 432 g/mol. The summed E-state index contributed by atoms with van der Waals surface area (Å²) in [5.41, 5.74) is 1.68. The Morgan fingerprint density at radius 3 is 2.58 bits per heavy atom. The number of carbonyl (C=O) groups is 1. The van der Waals surface area contributed by atoms with Crippen LogP contribution in [0.2, 0.25) is 15.1 Å². The van der Waals surface area contributed by atoms with Crippen molar-refractivity contribution in [2.24, 2.45) is 0 Å². The molecule has 0 bridgehead atoms. The molecule has 0 atom stereocenters. The van der Waals surface area contributed by atoms with Crippen molar-refractivity contribution in [1.29, 1.82) is 0 Å². The summed E-state index contributed by atoms with van der Waals surface area (Å²) in [6, 6.07) is 10.4. The molecule has 0 aliphatic rings. The highest BCUT2D eigenvalue weighted by molar-refractivity contribution is 7.80. The van der Waals surface area contributed by atoms with Gasteiger partial charge in [0, 0.05) is 22.2 Å². The Bertz CT molecular complexity index is 815. The number of ether oxygens (including phenoxy) is 1. The lowest BCUT2D eigenvalue weighted by atomic mass is 10.2. The molecule has 0 unspecified atom stereocenters. The first-order chi connectivity index (χ1) is 12.3. The van der Waals surface area contributed by atoms with E-state index in [1.165, 1.54) is 0 Å². The van der Waals surface area contributed by atoms with Crippen molar-refractivity contribution >= 4 is 63.7 Å². The summed E-state index contributed by atoms with van der Waals surface area (Å²) in [5, 5.41) is 7.36. The summed E-state index contributed by atoms with van der Waals surface area (Å²) >= 11 is 23.0. The number of hydrogen-bond donors (Lipinski definition) is 2. The van der Waals surface area contributed by atoms with E-state index in [1.807, 2.05) is 19.1 Å². The van der Waals surface area contributed by atoms with Gasteiger partial charge < -0.3 is 15.4 Å². The van der Waals surface area contributed by atoms with Gasteiger partial charge in [-0.2, -0.15) is 0 Å². The van der Waals surface area contributed by atoms with Crippen LogP contribution < -0.4 is 15.4 Å². The predicted molar refractivity (Wildman–Crippen MR) is 112 cm³/mol. The van der Waals surface area contributed by atoms with Crippen molar-refractivity contribution in [3.8, 4) is 5.75 Å². The lowest BCUT2D eigenvalue weighted by Crippen LogP contribution is -2.34. The molecule has 0 aromatic heterocycles. The van der Waals surface area contributed by atoms with Gasteiger partial charge >= 0.3 is 0 Å². The quantitative estimate of drug-likeness (QED) is 0.460. The van der Waals surface area contributed by atoms with Crippen molar-refractivity contribution < 1.29 is 9.53 Å². The Kier molecular flexibility index (Phi) is 7.97. The van der Waals surface area contributed by atoms with E-state index in [4.69, 9.17) is 51.8 Å². The monoisotopic (exact) mass is 430 g/mol. The second-order valence-corrected chi connectivity index (χ2v) is 7.15. The molecule has 2 aromatic carbocycles. The maximum absolute atomic E-state index is 11.9. The van der Waals surface area contributed by atoms with Crippen LogP contribution in [0.1, 0.15) is 18.4 Å². The Morgan fingerprint density at radius 1 is 1.12 bits per heavy atom. The molecule has 138 valence electrons. The van der Waals surface area contributed by atoms with Crippen molar-refractivity contribution in [3.05, 3.63) is 57.0 Å². The average Bonchev–Trinajstić information content (AvgIpc) is 2.56. The van der Waals surface area contributed by atoms with E-state index >= 15 is 0 Å². The predicted octanol–water partition coefficient (Wildman–Crippen LogP) is 5.63. The van der Waals surface area contributed by atoms with E-state index in [2.05, 4.69) is 10.6 Å². The van der Waals surface area contributed by atoms with Crippen molar-refractivity contribution in [2.75, 3.05) is 11.9 Å². The van der Waals surface area contributed by atoms with Crippen LogP contribution in [0.3, 0.4) is 0 Å². The number of aryl methyl sites for hydroxylation is 1. The highest BCUT2D eigenvalue weighted by Gasteiger charge is 2.07. The van der Waals surface area contributed by atoms with Gasteiger partial charge in [-0.3, -0.25) is 4.79 Å². The second kappa shape index (κ2) is 9.97. The van der Waals surface area contributed by atoms with Gasteiger partial charge in [-0.05, 0) is 61.5 Å². The third-order valence-electron chi connectivity index (χ3n) is 3.38. The first-order valence-electron chi connectivity index (χ1n) is 7.80. The van der Waals surface area contributed by atoms with Crippen molar-refractivity contribution in [2.45, 2.75) is 19.8 Å². The highest BCUT2D eigenvalue weighted by atomic mass is 35.5. The van der Waals surface area contributed by atoms with Crippen LogP contribution in [0.4, 0.5) is 5.69 Å². The smallest absolute Gasteiger partial charge is 0.226 e. The van der Waals surface area contributed by atoms with Gasteiger partial charge in [-0.15, -0.1) is 0 Å². The molecule has 1 amide bonds. The number of anilines is 1. The van der Waals surface area contributed by atoms with Crippen LogP contribution in [-0.4, -0.2) is 17.6 Å². The number of amides is 1. The van der Waals surface area contributed by atoms with Crippen LogP contribution in [-0.2, 0) is 4.79 Å². The van der Waals surface area contributed by atoms with Crippen molar-refractivity contribution in [1.82, 2.24) is 5.32 Å². The SMILES string of the molecule is Cc1ccc(NC(=S)NC(=O)CCCOc2ccc(Cl)cc2Cl)cc1Cl. The summed E-state index contributed by atoms with van der Waals surface area (Å²) in [4.78, 5) is 11.9. The zero-order valence-corrected chi connectivity index (χ0v) is 17.0. The fourth-order valence-electron chi connectivity index (χ4n) is 2.03. The molecule has 2 rings (SSSR count). The maximum Gasteiger partial charge on any atom is 0.226 e. The van der Waals surface area contributed by atoms with Gasteiger partial charge in [0.05, 0.1) is 11.6 Å². The molecule has 0 aliphatic heterocycles. The fraction of sp³-hybridized carbons (Fsp3) is 0.222. The lowest BCUT2D eigenvalue weighted by Gasteiger charge is -2.11. The number of thiocarbonyl (C=S) groups is 1. The van der Waals surface area contributed by atoms with E-state index in [-0.39, 0.29) is 17.4 Å². The highest BCUT2D eigenvalue weighted by Crippen LogP contribution is 2.27. The molecule has 0 fully saturated rings. The zero-order valence-electron chi connectivity index (χ0n) is 13.9. The molecule has 8 heteroatoms. The minimum atomic E-state index is -0.202. The second-order valence-electron chi connectivity index (χ2n) is 5.49. The largest absolute Gasteiger partial charge is 0.492 e. The van der Waals surface area contributed by atoms with Gasteiger partial charge in [0.15, 0.2) is 5.11 Å². The Balaban J connectivity index is 1.71. The van der Waals surface area contributed by atoms with Crippen LogP contribution >= 0.6 is 47.0 Å². The van der Waals surface area contributed by atoms with Gasteiger partial charge in [0.2, 0.25) is 5.91 Å². The molecule has 2 N–H and O–H groups in total. The molecule has 0 heterocycles. The van der Waals surface area contributed by atoms with Crippen LogP contribution in [0.5, 0.6) is 5.75 Å². The minimum absolute atomic E-state index is 0.202. The standard InChI is InChI=1S/C18H17Cl3N2O2S/c1-11-4-6-13(10-14(11)20)22-18(26)23-17(24)3-2-8-25-16-7-5-12(19)9-15(16)21/h4-7,9-10H,2-3,8H2,1H3,(H2,22,23,24,26). The summed E-state index contributed by atoms with van der Waals surface area (Å²) in [6.07, 6.45) is 0.783. The zero-order chi connectivity index (χ0) is 19.1. The number of hydrogen-bond acceptors (Lipinski definition) is 3.